The molecule has 1 aromatic heterocycles. The summed E-state index contributed by atoms with van der Waals surface area (Å²) in [6.45, 7) is -0.0589. The van der Waals surface area contributed by atoms with Crippen molar-refractivity contribution in [2.75, 3.05) is 38.6 Å². The van der Waals surface area contributed by atoms with Crippen LogP contribution in [0.5, 0.6) is 0 Å². The number of aromatic nitrogens is 1. The molecule has 234 valence electrons. The van der Waals surface area contributed by atoms with Crippen LogP contribution in [0.3, 0.4) is 0 Å². The van der Waals surface area contributed by atoms with Gasteiger partial charge in [0.05, 0.1) is 11.6 Å². The summed E-state index contributed by atoms with van der Waals surface area (Å²) in [5.41, 5.74) is 3.43. The molecule has 10 heteroatoms. The van der Waals surface area contributed by atoms with E-state index in [9.17, 15) is 18.0 Å². The van der Waals surface area contributed by atoms with Gasteiger partial charge in [-0.15, -0.1) is 0 Å². The molecular weight excluding hydrogens is 598 g/mol. The number of hydrogen-bond acceptors (Lipinski definition) is 6. The Labute approximate surface area is 269 Å². The SMILES string of the molecule is CN(C)c1ccc(C(=O)N2CCN(S(=O)(=O)c3cccc4cccnc34)C(C(=O)NC(c3ccccc3)c3ccccc3)C2)cc1. The molecule has 4 aromatic carbocycles. The molecule has 2 amide bonds. The van der Waals surface area contributed by atoms with Crippen LogP contribution < -0.4 is 10.2 Å². The van der Waals surface area contributed by atoms with Crippen molar-refractivity contribution < 1.29 is 18.0 Å². The summed E-state index contributed by atoms with van der Waals surface area (Å²) in [5.74, 6) is -0.774. The number of piperazine rings is 1. The highest BCUT2D eigenvalue weighted by Crippen LogP contribution is 2.29. The third-order valence-electron chi connectivity index (χ3n) is 8.29. The molecule has 0 saturated carbocycles. The van der Waals surface area contributed by atoms with Crippen molar-refractivity contribution in [3.8, 4) is 0 Å². The minimum Gasteiger partial charge on any atom is -0.378 e. The van der Waals surface area contributed by atoms with E-state index < -0.39 is 28.0 Å². The van der Waals surface area contributed by atoms with Crippen LogP contribution in [0.2, 0.25) is 0 Å². The number of fused-ring (bicyclic) bond motifs is 1. The first-order valence-corrected chi connectivity index (χ1v) is 16.5. The van der Waals surface area contributed by atoms with Crippen LogP contribution >= 0.6 is 0 Å². The van der Waals surface area contributed by atoms with Crippen LogP contribution in [0, 0.1) is 0 Å². The highest BCUT2D eigenvalue weighted by Gasteiger charge is 2.42. The van der Waals surface area contributed by atoms with Crippen LogP contribution in [0.25, 0.3) is 10.9 Å². The molecule has 0 radical (unpaired) electrons. The van der Waals surface area contributed by atoms with E-state index in [-0.39, 0.29) is 30.4 Å². The Morgan fingerprint density at radius 2 is 1.43 bits per heavy atom. The lowest BCUT2D eigenvalue weighted by Crippen LogP contribution is -2.61. The molecule has 2 heterocycles. The van der Waals surface area contributed by atoms with Gasteiger partial charge in [0.25, 0.3) is 5.91 Å². The number of amides is 2. The maximum absolute atomic E-state index is 14.4. The Bertz CT molecular complexity index is 1910. The van der Waals surface area contributed by atoms with Gasteiger partial charge >= 0.3 is 0 Å². The quantitative estimate of drug-likeness (QED) is 0.265. The molecular formula is C36H35N5O4S. The fraction of sp³-hybridized carbons (Fsp3) is 0.194. The summed E-state index contributed by atoms with van der Waals surface area (Å²) < 4.78 is 30.0. The second-order valence-corrected chi connectivity index (χ2v) is 13.3. The monoisotopic (exact) mass is 633 g/mol. The predicted octanol–water partition coefficient (Wildman–Crippen LogP) is 4.72. The lowest BCUT2D eigenvalue weighted by atomic mass is 9.98. The number of rotatable bonds is 8. The Kier molecular flexibility index (Phi) is 8.83. The normalized spacial score (nSPS) is 15.5. The molecule has 1 saturated heterocycles. The maximum atomic E-state index is 14.4. The minimum absolute atomic E-state index is 0.0186. The summed E-state index contributed by atoms with van der Waals surface area (Å²) in [7, 11) is -0.370. The molecule has 1 aliphatic rings. The number of anilines is 1. The van der Waals surface area contributed by atoms with Gasteiger partial charge in [0.15, 0.2) is 0 Å². The van der Waals surface area contributed by atoms with E-state index in [1.54, 1.807) is 47.5 Å². The number of hydrogen-bond donors (Lipinski definition) is 1. The van der Waals surface area contributed by atoms with Gasteiger partial charge in [-0.3, -0.25) is 14.6 Å². The Morgan fingerprint density at radius 3 is 2.07 bits per heavy atom. The van der Waals surface area contributed by atoms with Gasteiger partial charge in [-0.2, -0.15) is 4.31 Å². The first kappa shape index (κ1) is 30.9. The second kappa shape index (κ2) is 13.1. The van der Waals surface area contributed by atoms with Crippen molar-refractivity contribution in [3.63, 3.8) is 0 Å². The fourth-order valence-electron chi connectivity index (χ4n) is 5.84. The predicted molar refractivity (Wildman–Crippen MR) is 179 cm³/mol. The van der Waals surface area contributed by atoms with E-state index in [2.05, 4.69) is 10.3 Å². The molecule has 1 atom stereocenters. The van der Waals surface area contributed by atoms with Crippen molar-refractivity contribution in [2.45, 2.75) is 17.0 Å². The van der Waals surface area contributed by atoms with E-state index in [1.807, 2.05) is 91.8 Å². The summed E-state index contributed by atoms with van der Waals surface area (Å²) in [5, 5.41) is 3.80. The van der Waals surface area contributed by atoms with Crippen molar-refractivity contribution in [3.05, 3.63) is 138 Å². The Balaban J connectivity index is 1.37. The lowest BCUT2D eigenvalue weighted by Gasteiger charge is -2.40. The average Bonchev–Trinajstić information content (AvgIpc) is 3.10. The summed E-state index contributed by atoms with van der Waals surface area (Å²) in [6.07, 6.45) is 1.55. The molecule has 9 nitrogen and oxygen atoms in total. The first-order valence-electron chi connectivity index (χ1n) is 15.1. The maximum Gasteiger partial charge on any atom is 0.253 e. The largest absolute Gasteiger partial charge is 0.378 e. The van der Waals surface area contributed by atoms with Crippen LogP contribution in [-0.4, -0.2) is 74.2 Å². The summed E-state index contributed by atoms with van der Waals surface area (Å²) in [6, 6.07) is 33.1. The van der Waals surface area contributed by atoms with Gasteiger partial charge in [0, 0.05) is 56.6 Å². The van der Waals surface area contributed by atoms with E-state index >= 15 is 0 Å². The average molecular weight is 634 g/mol. The van der Waals surface area contributed by atoms with Crippen molar-refractivity contribution in [1.29, 1.82) is 0 Å². The van der Waals surface area contributed by atoms with E-state index in [0.29, 0.717) is 16.5 Å². The number of carbonyl (C=O) groups is 2. The fourth-order valence-corrected chi connectivity index (χ4v) is 7.57. The van der Waals surface area contributed by atoms with Gasteiger partial charge in [0.1, 0.15) is 10.9 Å². The number of carbonyl (C=O) groups excluding carboxylic acids is 2. The van der Waals surface area contributed by atoms with Crippen LogP contribution in [-0.2, 0) is 14.8 Å². The molecule has 0 bridgehead atoms. The number of sulfonamides is 1. The van der Waals surface area contributed by atoms with E-state index in [1.165, 1.54) is 10.4 Å². The number of nitrogens with one attached hydrogen (secondary N) is 1. The standard InChI is InChI=1S/C36H35N5O4S/c1-39(2)30-20-18-29(19-21-30)36(43)40-23-24-41(46(44,45)32-17-9-15-28-16-10-22-37-34(28)32)31(25-40)35(42)38-33(26-11-5-3-6-12-26)27-13-7-4-8-14-27/h3-22,31,33H,23-25H2,1-2H3,(H,38,42). The van der Waals surface area contributed by atoms with Crippen molar-refractivity contribution in [1.82, 2.24) is 19.5 Å². The van der Waals surface area contributed by atoms with Gasteiger partial charge in [-0.05, 0) is 47.5 Å². The molecule has 5 aromatic rings. The summed E-state index contributed by atoms with van der Waals surface area (Å²) >= 11 is 0. The number of benzene rings is 4. The van der Waals surface area contributed by atoms with Crippen molar-refractivity contribution in [2.24, 2.45) is 0 Å². The van der Waals surface area contributed by atoms with Gasteiger partial charge < -0.3 is 15.1 Å². The Morgan fingerprint density at radius 1 is 0.804 bits per heavy atom. The molecule has 46 heavy (non-hydrogen) atoms. The van der Waals surface area contributed by atoms with E-state index in [4.69, 9.17) is 0 Å². The molecule has 1 aliphatic heterocycles. The van der Waals surface area contributed by atoms with E-state index in [0.717, 1.165) is 16.8 Å². The zero-order valence-corrected chi connectivity index (χ0v) is 26.5. The molecule has 0 aliphatic carbocycles. The molecule has 0 spiro atoms. The zero-order chi connectivity index (χ0) is 32.3. The third kappa shape index (κ3) is 6.22. The molecule has 6 rings (SSSR count). The third-order valence-corrected chi connectivity index (χ3v) is 10.2. The Hall–Kier alpha value is -5.06. The van der Waals surface area contributed by atoms with Crippen LogP contribution in [0.1, 0.15) is 27.5 Å². The first-order chi connectivity index (χ1) is 22.2. The van der Waals surface area contributed by atoms with Crippen LogP contribution in [0.15, 0.2) is 126 Å². The second-order valence-electron chi connectivity index (χ2n) is 11.4. The van der Waals surface area contributed by atoms with Gasteiger partial charge in [0.2, 0.25) is 15.9 Å². The highest BCUT2D eigenvalue weighted by atomic mass is 32.2. The molecule has 1 fully saturated rings. The van der Waals surface area contributed by atoms with Crippen molar-refractivity contribution >= 4 is 38.4 Å². The lowest BCUT2D eigenvalue weighted by molar-refractivity contribution is -0.126. The number of pyridine rings is 1. The van der Waals surface area contributed by atoms with Gasteiger partial charge in [-0.1, -0.05) is 78.9 Å². The minimum atomic E-state index is -4.21. The molecule has 1 unspecified atom stereocenters. The molecule has 1 N–H and O–H groups in total. The highest BCUT2D eigenvalue weighted by molar-refractivity contribution is 7.89. The number of nitrogens with zero attached hydrogens (tertiary/aromatic N) is 4. The topological polar surface area (TPSA) is 103 Å². The summed E-state index contributed by atoms with van der Waals surface area (Å²) in [4.78, 5) is 36.0. The van der Waals surface area contributed by atoms with Gasteiger partial charge in [-0.25, -0.2) is 8.42 Å². The zero-order valence-electron chi connectivity index (χ0n) is 25.7. The smallest absolute Gasteiger partial charge is 0.253 e. The van der Waals surface area contributed by atoms with Crippen LogP contribution in [0.4, 0.5) is 5.69 Å². The number of para-hydroxylation sites is 1.